The number of nitrogens with one attached hydrogen (secondary N) is 1. The zero-order valence-corrected chi connectivity index (χ0v) is 15.7. The highest BCUT2D eigenvalue weighted by Crippen LogP contribution is 2.41. The van der Waals surface area contributed by atoms with Gasteiger partial charge in [-0.25, -0.2) is 4.98 Å². The second kappa shape index (κ2) is 6.74. The van der Waals surface area contributed by atoms with Crippen molar-refractivity contribution in [1.29, 1.82) is 0 Å². The van der Waals surface area contributed by atoms with Gasteiger partial charge in [0.15, 0.2) is 6.10 Å². The number of hydrogen-bond donors (Lipinski definition) is 1. The molecule has 1 aromatic carbocycles. The van der Waals surface area contributed by atoms with Crippen LogP contribution in [-0.2, 0) is 26.5 Å². The summed E-state index contributed by atoms with van der Waals surface area (Å²) in [6.07, 6.45) is 6.44. The number of ether oxygens (including phenoxy) is 1. The molecule has 1 aliphatic carbocycles. The van der Waals surface area contributed by atoms with Gasteiger partial charge in [-0.15, -0.1) is 0 Å². The highest BCUT2D eigenvalue weighted by atomic mass is 16.5. The summed E-state index contributed by atoms with van der Waals surface area (Å²) < 4.78 is 8.43. The zero-order valence-electron chi connectivity index (χ0n) is 15.7. The first kappa shape index (κ1) is 17.4. The SMILES string of the molecule is O=C(Nc1ccccc1)[C@H]1Cn2ccnc2C2(CCN(C(=O)C3CC3)CC2)O1. The number of piperidine rings is 1. The Balaban J connectivity index is 1.34. The van der Waals surface area contributed by atoms with Crippen LogP contribution in [0.15, 0.2) is 42.7 Å². The maximum Gasteiger partial charge on any atom is 0.255 e. The van der Waals surface area contributed by atoms with E-state index >= 15 is 0 Å². The number of hydrogen-bond acceptors (Lipinski definition) is 4. The molecule has 146 valence electrons. The Labute approximate surface area is 163 Å². The van der Waals surface area contributed by atoms with Gasteiger partial charge in [0, 0.05) is 49.9 Å². The molecule has 3 heterocycles. The van der Waals surface area contributed by atoms with E-state index in [-0.39, 0.29) is 17.7 Å². The third-order valence-electron chi connectivity index (χ3n) is 6.00. The molecular weight excluding hydrogens is 356 g/mol. The number of rotatable bonds is 3. The van der Waals surface area contributed by atoms with E-state index in [1.807, 2.05) is 46.0 Å². The molecular formula is C21H24N4O3. The van der Waals surface area contributed by atoms with Crippen LogP contribution in [0.25, 0.3) is 0 Å². The number of anilines is 1. The fourth-order valence-corrected chi connectivity index (χ4v) is 4.30. The third-order valence-corrected chi connectivity index (χ3v) is 6.00. The lowest BCUT2D eigenvalue weighted by Crippen LogP contribution is -2.54. The maximum absolute atomic E-state index is 12.9. The summed E-state index contributed by atoms with van der Waals surface area (Å²) in [6.45, 7) is 1.74. The largest absolute Gasteiger partial charge is 0.352 e. The predicted molar refractivity (Wildman–Crippen MR) is 102 cm³/mol. The molecule has 1 spiro atoms. The van der Waals surface area contributed by atoms with E-state index in [0.717, 1.165) is 24.4 Å². The van der Waals surface area contributed by atoms with Gasteiger partial charge in [-0.1, -0.05) is 18.2 Å². The van der Waals surface area contributed by atoms with E-state index in [9.17, 15) is 9.59 Å². The Morgan fingerprint density at radius 2 is 1.89 bits per heavy atom. The first-order valence-electron chi connectivity index (χ1n) is 9.99. The van der Waals surface area contributed by atoms with Crippen molar-refractivity contribution in [2.45, 2.75) is 43.9 Å². The number of amides is 2. The molecule has 1 atom stereocenters. The minimum atomic E-state index is -0.610. The molecule has 1 aromatic heterocycles. The van der Waals surface area contributed by atoms with Crippen LogP contribution >= 0.6 is 0 Å². The van der Waals surface area contributed by atoms with Crippen LogP contribution in [0, 0.1) is 5.92 Å². The molecule has 1 saturated carbocycles. The summed E-state index contributed by atoms with van der Waals surface area (Å²) in [5, 5.41) is 2.94. The smallest absolute Gasteiger partial charge is 0.255 e. The highest BCUT2D eigenvalue weighted by molar-refractivity contribution is 5.94. The van der Waals surface area contributed by atoms with Crippen molar-refractivity contribution in [2.75, 3.05) is 18.4 Å². The van der Waals surface area contributed by atoms with Crippen LogP contribution in [0.1, 0.15) is 31.5 Å². The Morgan fingerprint density at radius 3 is 2.61 bits per heavy atom. The second-order valence-corrected chi connectivity index (χ2v) is 7.96. The van der Waals surface area contributed by atoms with Crippen LogP contribution in [0.3, 0.4) is 0 Å². The van der Waals surface area contributed by atoms with Gasteiger partial charge in [-0.3, -0.25) is 9.59 Å². The summed E-state index contributed by atoms with van der Waals surface area (Å²) in [6, 6.07) is 9.41. The van der Waals surface area contributed by atoms with Gasteiger partial charge < -0.3 is 19.5 Å². The van der Waals surface area contributed by atoms with Crippen LogP contribution in [0.4, 0.5) is 5.69 Å². The molecule has 7 heteroatoms. The number of carbonyl (C=O) groups is 2. The Hall–Kier alpha value is -2.67. The summed E-state index contributed by atoms with van der Waals surface area (Å²) in [5.41, 5.74) is 0.146. The van der Waals surface area contributed by atoms with Crippen molar-refractivity contribution >= 4 is 17.5 Å². The van der Waals surface area contributed by atoms with Gasteiger partial charge in [0.1, 0.15) is 11.4 Å². The van der Waals surface area contributed by atoms with Crippen molar-refractivity contribution in [2.24, 2.45) is 5.92 Å². The molecule has 0 radical (unpaired) electrons. The molecule has 5 rings (SSSR count). The van der Waals surface area contributed by atoms with Crippen molar-refractivity contribution < 1.29 is 14.3 Å². The van der Waals surface area contributed by atoms with Crippen molar-refractivity contribution in [3.05, 3.63) is 48.5 Å². The number of likely N-dealkylation sites (tertiary alicyclic amines) is 1. The summed E-state index contributed by atoms with van der Waals surface area (Å²) in [7, 11) is 0. The quantitative estimate of drug-likeness (QED) is 0.885. The molecule has 1 saturated heterocycles. The fourth-order valence-electron chi connectivity index (χ4n) is 4.30. The highest BCUT2D eigenvalue weighted by Gasteiger charge is 2.48. The van der Waals surface area contributed by atoms with Gasteiger partial charge in [0.25, 0.3) is 5.91 Å². The van der Waals surface area contributed by atoms with E-state index in [2.05, 4.69) is 10.3 Å². The summed E-state index contributed by atoms with van der Waals surface area (Å²) >= 11 is 0. The number of imidazole rings is 1. The van der Waals surface area contributed by atoms with E-state index < -0.39 is 11.7 Å². The molecule has 2 amide bonds. The lowest BCUT2D eigenvalue weighted by Gasteiger charge is -2.45. The second-order valence-electron chi connectivity index (χ2n) is 7.96. The molecule has 0 unspecified atom stereocenters. The Kier molecular flexibility index (Phi) is 4.19. The van der Waals surface area contributed by atoms with Crippen LogP contribution < -0.4 is 5.32 Å². The van der Waals surface area contributed by atoms with Gasteiger partial charge in [0.05, 0.1) is 6.54 Å². The summed E-state index contributed by atoms with van der Waals surface area (Å²) in [4.78, 5) is 31.7. The maximum atomic E-state index is 12.9. The zero-order chi connectivity index (χ0) is 19.1. The van der Waals surface area contributed by atoms with Crippen molar-refractivity contribution in [1.82, 2.24) is 14.5 Å². The Bertz CT molecular complexity index is 882. The van der Waals surface area contributed by atoms with Gasteiger partial charge in [-0.2, -0.15) is 0 Å². The van der Waals surface area contributed by atoms with Crippen molar-refractivity contribution in [3.63, 3.8) is 0 Å². The van der Waals surface area contributed by atoms with E-state index in [1.165, 1.54) is 0 Å². The van der Waals surface area contributed by atoms with E-state index in [1.54, 1.807) is 6.20 Å². The number of fused-ring (bicyclic) bond motifs is 2. The van der Waals surface area contributed by atoms with Crippen molar-refractivity contribution in [3.8, 4) is 0 Å². The van der Waals surface area contributed by atoms with Gasteiger partial charge in [0.2, 0.25) is 5.91 Å². The van der Waals surface area contributed by atoms with Crippen LogP contribution in [-0.4, -0.2) is 45.5 Å². The monoisotopic (exact) mass is 380 g/mol. The number of para-hydroxylation sites is 1. The van der Waals surface area contributed by atoms with Crippen LogP contribution in [0.2, 0.25) is 0 Å². The number of aromatic nitrogens is 2. The molecule has 2 aliphatic heterocycles. The average molecular weight is 380 g/mol. The molecule has 7 nitrogen and oxygen atoms in total. The summed E-state index contributed by atoms with van der Waals surface area (Å²) in [5.74, 6) is 1.22. The normalized spacial score (nSPS) is 23.3. The topological polar surface area (TPSA) is 76.5 Å². The number of benzene rings is 1. The lowest BCUT2D eigenvalue weighted by atomic mass is 9.88. The molecule has 2 aromatic rings. The third kappa shape index (κ3) is 3.09. The van der Waals surface area contributed by atoms with E-state index in [4.69, 9.17) is 4.74 Å². The number of carbonyl (C=O) groups excluding carboxylic acids is 2. The first-order chi connectivity index (χ1) is 13.6. The lowest BCUT2D eigenvalue weighted by molar-refractivity contribution is -0.172. The fraction of sp³-hybridized carbons (Fsp3) is 0.476. The minimum absolute atomic E-state index is 0.151. The Morgan fingerprint density at radius 1 is 1.14 bits per heavy atom. The number of nitrogens with zero attached hydrogens (tertiary/aromatic N) is 3. The molecule has 0 bridgehead atoms. The average Bonchev–Trinajstić information content (AvgIpc) is 3.46. The molecule has 3 aliphatic rings. The predicted octanol–water partition coefficient (Wildman–Crippen LogP) is 2.15. The van der Waals surface area contributed by atoms with Gasteiger partial charge >= 0.3 is 0 Å². The van der Waals surface area contributed by atoms with Crippen LogP contribution in [0.5, 0.6) is 0 Å². The minimum Gasteiger partial charge on any atom is -0.352 e. The van der Waals surface area contributed by atoms with E-state index in [0.29, 0.717) is 32.5 Å². The molecule has 2 fully saturated rings. The standard InChI is InChI=1S/C21H24N4O3/c26-18(23-16-4-2-1-3-5-16)17-14-25-13-10-22-20(25)21(28-17)8-11-24(12-9-21)19(27)15-6-7-15/h1-5,10,13,15,17H,6-9,11-12,14H2,(H,23,26)/t17-/m1/s1. The van der Waals surface area contributed by atoms with Gasteiger partial charge in [-0.05, 0) is 25.0 Å². The molecule has 1 N–H and O–H groups in total. The molecule has 28 heavy (non-hydrogen) atoms. The first-order valence-corrected chi connectivity index (χ1v) is 9.99.